The van der Waals surface area contributed by atoms with Crippen LogP contribution >= 0.6 is 0 Å². The molecule has 7 nitrogen and oxygen atoms in total. The van der Waals surface area contributed by atoms with E-state index in [0.717, 1.165) is 0 Å². The van der Waals surface area contributed by atoms with E-state index in [1.807, 2.05) is 0 Å². The SMILES string of the molecule is CCOC(=O)N(CCNC(=O)CC)C1CCS(=O)(=O)C1. The van der Waals surface area contributed by atoms with Crippen molar-refractivity contribution in [1.29, 1.82) is 0 Å². The van der Waals surface area contributed by atoms with E-state index in [1.54, 1.807) is 13.8 Å². The van der Waals surface area contributed by atoms with Crippen LogP contribution in [-0.4, -0.2) is 62.6 Å². The minimum absolute atomic E-state index is 0.0342. The van der Waals surface area contributed by atoms with Crippen molar-refractivity contribution in [3.8, 4) is 0 Å². The Bertz CT molecular complexity index is 449. The lowest BCUT2D eigenvalue weighted by Gasteiger charge is -2.27. The average Bonchev–Trinajstić information content (AvgIpc) is 2.74. The topological polar surface area (TPSA) is 92.8 Å². The van der Waals surface area contributed by atoms with Gasteiger partial charge in [0.2, 0.25) is 5.91 Å². The van der Waals surface area contributed by atoms with Gasteiger partial charge in [0.1, 0.15) is 0 Å². The van der Waals surface area contributed by atoms with Crippen LogP contribution in [-0.2, 0) is 19.4 Å². The van der Waals surface area contributed by atoms with Gasteiger partial charge in [-0.05, 0) is 13.3 Å². The van der Waals surface area contributed by atoms with Gasteiger partial charge in [-0.1, -0.05) is 6.92 Å². The summed E-state index contributed by atoms with van der Waals surface area (Å²) in [4.78, 5) is 24.5. The number of nitrogens with one attached hydrogen (secondary N) is 1. The lowest BCUT2D eigenvalue weighted by atomic mass is 10.2. The molecule has 1 saturated heterocycles. The highest BCUT2D eigenvalue weighted by atomic mass is 32.2. The second-order valence-corrected chi connectivity index (χ2v) is 6.88. The van der Waals surface area contributed by atoms with Gasteiger partial charge >= 0.3 is 6.09 Å². The van der Waals surface area contributed by atoms with Gasteiger partial charge in [0.15, 0.2) is 9.84 Å². The zero-order valence-corrected chi connectivity index (χ0v) is 12.7. The van der Waals surface area contributed by atoms with Gasteiger partial charge in [-0.15, -0.1) is 0 Å². The predicted octanol–water partition coefficient (Wildman–Crippen LogP) is 0.158. The number of hydrogen-bond donors (Lipinski definition) is 1. The first-order chi connectivity index (χ1) is 9.39. The standard InChI is InChI=1S/C12H22N2O5S/c1-3-11(15)13-6-7-14(12(16)19-4-2)10-5-8-20(17,18)9-10/h10H,3-9H2,1-2H3,(H,13,15). The highest BCUT2D eigenvalue weighted by Crippen LogP contribution is 2.18. The third-order valence-corrected chi connectivity index (χ3v) is 4.90. The van der Waals surface area contributed by atoms with Gasteiger partial charge in [-0.25, -0.2) is 13.2 Å². The van der Waals surface area contributed by atoms with Crippen molar-refractivity contribution in [1.82, 2.24) is 10.2 Å². The first-order valence-corrected chi connectivity index (χ1v) is 8.62. The third kappa shape index (κ3) is 4.99. The summed E-state index contributed by atoms with van der Waals surface area (Å²) in [5, 5.41) is 2.67. The zero-order valence-electron chi connectivity index (χ0n) is 11.9. The number of hydrogen-bond acceptors (Lipinski definition) is 5. The maximum Gasteiger partial charge on any atom is 0.410 e. The lowest BCUT2D eigenvalue weighted by molar-refractivity contribution is -0.120. The molecule has 1 heterocycles. The van der Waals surface area contributed by atoms with E-state index in [9.17, 15) is 18.0 Å². The van der Waals surface area contributed by atoms with Crippen molar-refractivity contribution in [2.45, 2.75) is 32.7 Å². The van der Waals surface area contributed by atoms with Gasteiger partial charge in [-0.2, -0.15) is 0 Å². The second kappa shape index (κ2) is 7.47. The molecular formula is C12H22N2O5S. The lowest BCUT2D eigenvalue weighted by Crippen LogP contribution is -2.45. The van der Waals surface area contributed by atoms with Crippen LogP contribution in [0.3, 0.4) is 0 Å². The highest BCUT2D eigenvalue weighted by Gasteiger charge is 2.35. The molecule has 1 unspecified atom stereocenters. The summed E-state index contributed by atoms with van der Waals surface area (Å²) in [6, 6.07) is -0.363. The van der Waals surface area contributed by atoms with Crippen LogP contribution in [0.4, 0.5) is 4.79 Å². The average molecular weight is 306 g/mol. The normalized spacial score (nSPS) is 20.4. The molecule has 0 spiro atoms. The van der Waals surface area contributed by atoms with Gasteiger partial charge in [0.25, 0.3) is 0 Å². The first-order valence-electron chi connectivity index (χ1n) is 6.80. The van der Waals surface area contributed by atoms with Crippen LogP contribution in [0.15, 0.2) is 0 Å². The van der Waals surface area contributed by atoms with Crippen molar-refractivity contribution in [2.75, 3.05) is 31.2 Å². The summed E-state index contributed by atoms with van der Waals surface area (Å²) in [7, 11) is -3.07. The van der Waals surface area contributed by atoms with E-state index in [-0.39, 0.29) is 36.6 Å². The Kier molecular flexibility index (Phi) is 6.25. The van der Waals surface area contributed by atoms with Crippen LogP contribution < -0.4 is 5.32 Å². The molecule has 0 aromatic heterocycles. The summed E-state index contributed by atoms with van der Waals surface area (Å²) in [5.41, 5.74) is 0. The van der Waals surface area contributed by atoms with E-state index in [0.29, 0.717) is 19.4 Å². The van der Waals surface area contributed by atoms with E-state index in [2.05, 4.69) is 5.32 Å². The van der Waals surface area contributed by atoms with Crippen molar-refractivity contribution in [3.63, 3.8) is 0 Å². The Morgan fingerprint density at radius 2 is 2.05 bits per heavy atom. The van der Waals surface area contributed by atoms with Crippen LogP contribution in [0, 0.1) is 0 Å². The number of carbonyl (C=O) groups is 2. The fourth-order valence-corrected chi connectivity index (χ4v) is 3.82. The molecule has 0 saturated carbocycles. The maximum absolute atomic E-state index is 11.9. The second-order valence-electron chi connectivity index (χ2n) is 4.65. The first kappa shape index (κ1) is 16.7. The van der Waals surface area contributed by atoms with Crippen LogP contribution in [0.1, 0.15) is 26.7 Å². The summed E-state index contributed by atoms with van der Waals surface area (Å²) >= 11 is 0. The summed E-state index contributed by atoms with van der Waals surface area (Å²) in [6.07, 6.45) is 0.264. The fourth-order valence-electron chi connectivity index (χ4n) is 2.09. The number of sulfone groups is 1. The highest BCUT2D eigenvalue weighted by molar-refractivity contribution is 7.91. The molecule has 0 aromatic rings. The Morgan fingerprint density at radius 1 is 1.35 bits per heavy atom. The zero-order chi connectivity index (χ0) is 15.2. The van der Waals surface area contributed by atoms with E-state index < -0.39 is 15.9 Å². The van der Waals surface area contributed by atoms with Crippen molar-refractivity contribution in [2.24, 2.45) is 0 Å². The van der Waals surface area contributed by atoms with Gasteiger partial charge in [0.05, 0.1) is 24.2 Å². The molecule has 1 fully saturated rings. The van der Waals surface area contributed by atoms with Crippen molar-refractivity contribution < 1.29 is 22.7 Å². The molecule has 0 aromatic carbocycles. The Morgan fingerprint density at radius 3 is 2.55 bits per heavy atom. The predicted molar refractivity (Wildman–Crippen MR) is 74.1 cm³/mol. The molecule has 1 N–H and O–H groups in total. The molecule has 0 radical (unpaired) electrons. The Hall–Kier alpha value is -1.31. The molecule has 8 heteroatoms. The maximum atomic E-state index is 11.9. The van der Waals surface area contributed by atoms with Crippen LogP contribution in [0.25, 0.3) is 0 Å². The van der Waals surface area contributed by atoms with Crippen molar-refractivity contribution >= 4 is 21.8 Å². The Balaban J connectivity index is 2.61. The number of nitrogens with zero attached hydrogens (tertiary/aromatic N) is 1. The minimum Gasteiger partial charge on any atom is -0.450 e. The molecule has 2 amide bonds. The van der Waals surface area contributed by atoms with E-state index in [1.165, 1.54) is 4.90 Å². The summed E-state index contributed by atoms with van der Waals surface area (Å²) < 4.78 is 28.0. The summed E-state index contributed by atoms with van der Waals surface area (Å²) in [6.45, 7) is 4.21. The number of rotatable bonds is 6. The molecule has 1 aliphatic rings. The molecule has 1 rings (SSSR count). The van der Waals surface area contributed by atoms with Gasteiger partial charge in [-0.3, -0.25) is 4.79 Å². The Labute approximate surface area is 119 Å². The largest absolute Gasteiger partial charge is 0.450 e. The molecule has 0 aliphatic carbocycles. The molecular weight excluding hydrogens is 284 g/mol. The molecule has 20 heavy (non-hydrogen) atoms. The molecule has 1 aliphatic heterocycles. The number of carbonyl (C=O) groups excluding carboxylic acids is 2. The van der Waals surface area contributed by atoms with E-state index in [4.69, 9.17) is 4.74 Å². The van der Waals surface area contributed by atoms with Crippen LogP contribution in [0.2, 0.25) is 0 Å². The van der Waals surface area contributed by atoms with E-state index >= 15 is 0 Å². The molecule has 0 bridgehead atoms. The van der Waals surface area contributed by atoms with Gasteiger partial charge in [0, 0.05) is 19.5 Å². The number of amides is 2. The van der Waals surface area contributed by atoms with Gasteiger partial charge < -0.3 is 15.0 Å². The van der Waals surface area contributed by atoms with Crippen molar-refractivity contribution in [3.05, 3.63) is 0 Å². The summed E-state index contributed by atoms with van der Waals surface area (Å²) in [5.74, 6) is -0.0459. The molecule has 1 atom stereocenters. The minimum atomic E-state index is -3.07. The molecule has 116 valence electrons. The fraction of sp³-hybridized carbons (Fsp3) is 0.833. The smallest absolute Gasteiger partial charge is 0.410 e. The quantitative estimate of drug-likeness (QED) is 0.754. The number of ether oxygens (including phenoxy) is 1. The monoisotopic (exact) mass is 306 g/mol. The third-order valence-electron chi connectivity index (χ3n) is 3.15. The van der Waals surface area contributed by atoms with Crippen LogP contribution in [0.5, 0.6) is 0 Å².